The van der Waals surface area contributed by atoms with E-state index < -0.39 is 0 Å². The summed E-state index contributed by atoms with van der Waals surface area (Å²) < 4.78 is 5.15. The van der Waals surface area contributed by atoms with E-state index in [1.165, 1.54) is 7.11 Å². The topological polar surface area (TPSA) is 29.5 Å². The maximum atomic E-state index is 11.9. The molecule has 0 aliphatic heterocycles. The van der Waals surface area contributed by atoms with Crippen LogP contribution >= 0.6 is 11.6 Å². The van der Waals surface area contributed by atoms with Crippen molar-refractivity contribution in [3.05, 3.63) is 28.3 Å². The number of ketones is 1. The summed E-state index contributed by atoms with van der Waals surface area (Å²) in [6, 6.07) is 5.98. The van der Waals surface area contributed by atoms with Gasteiger partial charge in [0.15, 0.2) is 0 Å². The molecule has 1 rings (SSSR count). The van der Waals surface area contributed by atoms with Crippen molar-refractivity contribution in [3.63, 3.8) is 0 Å². The number of benzene rings is 1. The van der Waals surface area contributed by atoms with Gasteiger partial charge in [0.05, 0.1) is 12.7 Å². The maximum Gasteiger partial charge on any atom is 0.241 e. The summed E-state index contributed by atoms with van der Waals surface area (Å²) in [6.45, 7) is 1.85. The Bertz CT molecular complexity index is 498. The minimum Gasteiger partial charge on any atom is -0.496 e. The molecule has 90 valence electrons. The fraction of sp³-hybridized carbons (Fsp3) is 0.308. The van der Waals surface area contributed by atoms with Crippen LogP contribution in [0.15, 0.2) is 12.1 Å². The average Bonchev–Trinajstić information content (AvgIpc) is 2.28. The molecule has 1 aromatic carbocycles. The molecule has 0 heterocycles. The van der Waals surface area contributed by atoms with Crippen molar-refractivity contribution in [1.29, 1.82) is 0 Å². The molecule has 0 unspecified atom stereocenters. The second kappa shape index (κ2) is 5.60. The van der Waals surface area contributed by atoms with Crippen molar-refractivity contribution in [2.45, 2.75) is 6.92 Å². The van der Waals surface area contributed by atoms with Crippen molar-refractivity contribution in [3.8, 4) is 17.7 Å². The summed E-state index contributed by atoms with van der Waals surface area (Å²) in [7, 11) is 5.04. The van der Waals surface area contributed by atoms with Crippen LogP contribution in [0.4, 0.5) is 0 Å². The Balaban J connectivity index is 3.18. The van der Waals surface area contributed by atoms with Gasteiger partial charge in [-0.25, -0.2) is 0 Å². The molecule has 0 saturated heterocycles. The first-order chi connectivity index (χ1) is 7.95. The second-order valence-corrected chi connectivity index (χ2v) is 4.17. The van der Waals surface area contributed by atoms with E-state index in [2.05, 4.69) is 12.0 Å². The summed E-state index contributed by atoms with van der Waals surface area (Å²) >= 11 is 5.98. The quantitative estimate of drug-likeness (QED) is 0.459. The summed E-state index contributed by atoms with van der Waals surface area (Å²) in [4.78, 5) is 13.5. The first kappa shape index (κ1) is 13.4. The van der Waals surface area contributed by atoms with Crippen molar-refractivity contribution in [2.75, 3.05) is 21.2 Å². The van der Waals surface area contributed by atoms with E-state index in [9.17, 15) is 4.79 Å². The van der Waals surface area contributed by atoms with E-state index in [1.54, 1.807) is 31.1 Å². The predicted octanol–water partition coefficient (Wildman–Crippen LogP) is 2.36. The highest BCUT2D eigenvalue weighted by Gasteiger charge is 2.12. The molecule has 4 heteroatoms. The van der Waals surface area contributed by atoms with Crippen molar-refractivity contribution >= 4 is 17.4 Å². The monoisotopic (exact) mass is 251 g/mol. The van der Waals surface area contributed by atoms with Gasteiger partial charge in [0, 0.05) is 31.1 Å². The van der Waals surface area contributed by atoms with Gasteiger partial charge >= 0.3 is 0 Å². The molecule has 3 nitrogen and oxygen atoms in total. The molecule has 0 amide bonds. The zero-order valence-corrected chi connectivity index (χ0v) is 11.1. The first-order valence-electron chi connectivity index (χ1n) is 5.03. The zero-order chi connectivity index (χ0) is 13.0. The lowest BCUT2D eigenvalue weighted by atomic mass is 10.1. The van der Waals surface area contributed by atoms with Gasteiger partial charge in [0.25, 0.3) is 0 Å². The number of methoxy groups -OCH3 is 1. The van der Waals surface area contributed by atoms with Gasteiger partial charge in [-0.2, -0.15) is 0 Å². The van der Waals surface area contributed by atoms with Crippen LogP contribution in [0.5, 0.6) is 5.75 Å². The fourth-order valence-corrected chi connectivity index (χ4v) is 1.39. The highest BCUT2D eigenvalue weighted by Crippen LogP contribution is 2.26. The van der Waals surface area contributed by atoms with E-state index >= 15 is 0 Å². The van der Waals surface area contributed by atoms with E-state index in [-0.39, 0.29) is 5.78 Å². The highest BCUT2D eigenvalue weighted by atomic mass is 35.5. The Labute approximate surface area is 106 Å². The van der Waals surface area contributed by atoms with Crippen LogP contribution in [0.25, 0.3) is 0 Å². The molecular weight excluding hydrogens is 238 g/mol. The normalized spacial score (nSPS) is 9.24. The van der Waals surface area contributed by atoms with Crippen molar-refractivity contribution < 1.29 is 9.53 Å². The van der Waals surface area contributed by atoms with Crippen LogP contribution in [0.2, 0.25) is 5.02 Å². The second-order valence-electron chi connectivity index (χ2n) is 3.76. The predicted molar refractivity (Wildman–Crippen MR) is 68.5 cm³/mol. The number of aryl methyl sites for hydroxylation is 1. The molecular formula is C13H14ClNO2. The van der Waals surface area contributed by atoms with Gasteiger partial charge in [-0.1, -0.05) is 11.6 Å². The Hall–Kier alpha value is -1.66. The molecule has 0 spiro atoms. The Morgan fingerprint density at radius 1 is 1.41 bits per heavy atom. The molecule has 0 bridgehead atoms. The summed E-state index contributed by atoms with van der Waals surface area (Å²) in [5.41, 5.74) is 1.25. The van der Waals surface area contributed by atoms with Gasteiger partial charge in [0.1, 0.15) is 5.75 Å². The zero-order valence-electron chi connectivity index (χ0n) is 10.3. The van der Waals surface area contributed by atoms with E-state index in [1.807, 2.05) is 6.92 Å². The molecule has 0 N–H and O–H groups in total. The number of hydrogen-bond acceptors (Lipinski definition) is 3. The van der Waals surface area contributed by atoms with Gasteiger partial charge < -0.3 is 9.64 Å². The standard InChI is InChI=1S/C13H14ClNO2/c1-9-7-13(17-4)10(8-11(9)14)12(16)5-6-15(2)3/h7-8H,1-4H3. The van der Waals surface area contributed by atoms with Gasteiger partial charge in [0.2, 0.25) is 5.78 Å². The SMILES string of the molecule is COc1cc(C)c(Cl)cc1C(=O)C#CN(C)C. The Kier molecular flexibility index (Phi) is 4.42. The van der Waals surface area contributed by atoms with Crippen LogP contribution < -0.4 is 4.74 Å². The van der Waals surface area contributed by atoms with Gasteiger partial charge in [-0.15, -0.1) is 0 Å². The number of nitrogens with zero attached hydrogens (tertiary/aromatic N) is 1. The molecule has 0 saturated carbocycles. The summed E-state index contributed by atoms with van der Waals surface area (Å²) in [5.74, 6) is 2.70. The molecule has 17 heavy (non-hydrogen) atoms. The van der Waals surface area contributed by atoms with Crippen LogP contribution in [-0.2, 0) is 0 Å². The van der Waals surface area contributed by atoms with Crippen LogP contribution in [0.1, 0.15) is 15.9 Å². The fourth-order valence-electron chi connectivity index (χ4n) is 1.23. The lowest BCUT2D eigenvalue weighted by Gasteiger charge is -2.07. The summed E-state index contributed by atoms with van der Waals surface area (Å²) in [6.07, 6.45) is 0. The average molecular weight is 252 g/mol. The summed E-state index contributed by atoms with van der Waals surface area (Å²) in [5, 5.41) is 0.529. The Morgan fingerprint density at radius 2 is 2.06 bits per heavy atom. The number of hydrogen-bond donors (Lipinski definition) is 0. The number of halogens is 1. The highest BCUT2D eigenvalue weighted by molar-refractivity contribution is 6.32. The smallest absolute Gasteiger partial charge is 0.241 e. The lowest BCUT2D eigenvalue weighted by molar-refractivity contribution is 0.105. The third kappa shape index (κ3) is 3.40. The third-order valence-electron chi connectivity index (χ3n) is 2.12. The van der Waals surface area contributed by atoms with E-state index in [0.717, 1.165) is 5.56 Å². The number of carbonyl (C=O) groups excluding carboxylic acids is 1. The van der Waals surface area contributed by atoms with Crippen LogP contribution in [-0.4, -0.2) is 31.9 Å². The van der Waals surface area contributed by atoms with Gasteiger partial charge in [-0.05, 0) is 24.6 Å². The minimum atomic E-state index is -0.308. The molecule has 0 aliphatic rings. The van der Waals surface area contributed by atoms with Crippen molar-refractivity contribution in [2.24, 2.45) is 0 Å². The maximum absolute atomic E-state index is 11.9. The molecule has 1 aromatic rings. The first-order valence-corrected chi connectivity index (χ1v) is 5.41. The number of Topliss-reactive ketones (excluding diaryl/α,β-unsaturated/α-hetero) is 1. The van der Waals surface area contributed by atoms with Crippen LogP contribution in [0.3, 0.4) is 0 Å². The molecule has 0 aromatic heterocycles. The Morgan fingerprint density at radius 3 is 2.59 bits per heavy atom. The van der Waals surface area contributed by atoms with E-state index in [0.29, 0.717) is 16.3 Å². The lowest BCUT2D eigenvalue weighted by Crippen LogP contribution is -2.05. The van der Waals surface area contributed by atoms with E-state index in [4.69, 9.17) is 16.3 Å². The molecule has 0 atom stereocenters. The largest absolute Gasteiger partial charge is 0.496 e. The van der Waals surface area contributed by atoms with Crippen LogP contribution in [0, 0.1) is 18.9 Å². The molecule has 0 radical (unpaired) electrons. The molecule has 0 aliphatic carbocycles. The minimum absolute atomic E-state index is 0.308. The number of rotatable bonds is 2. The number of carbonyl (C=O) groups is 1. The van der Waals surface area contributed by atoms with Crippen molar-refractivity contribution in [1.82, 2.24) is 4.90 Å². The molecule has 0 fully saturated rings. The number of ether oxygens (including phenoxy) is 1. The third-order valence-corrected chi connectivity index (χ3v) is 2.53. The van der Waals surface area contributed by atoms with Gasteiger partial charge in [-0.3, -0.25) is 4.79 Å².